The predicted octanol–water partition coefficient (Wildman–Crippen LogP) is 3.25. The zero-order chi connectivity index (χ0) is 17.9. The first-order chi connectivity index (χ1) is 12.7. The number of para-hydroxylation sites is 1. The molecule has 0 spiro atoms. The lowest BCUT2D eigenvalue weighted by Crippen LogP contribution is -2.26. The van der Waals surface area contributed by atoms with Crippen LogP contribution >= 0.6 is 0 Å². The van der Waals surface area contributed by atoms with Gasteiger partial charge < -0.3 is 14.9 Å². The molecule has 0 aliphatic rings. The summed E-state index contributed by atoms with van der Waals surface area (Å²) in [6, 6.07) is 20.6. The van der Waals surface area contributed by atoms with Gasteiger partial charge in [-0.1, -0.05) is 24.3 Å². The number of aromatic amines is 1. The van der Waals surface area contributed by atoms with Crippen LogP contribution < -0.4 is 10.9 Å². The van der Waals surface area contributed by atoms with Crippen LogP contribution in [0.2, 0.25) is 0 Å². The SMILES string of the molecule is O=C(NCc1cc2ccccc2[nH]c1=O)c1cccc(-n2cccc2)c1. The average Bonchev–Trinajstić information content (AvgIpc) is 3.21. The molecule has 1 amide bonds. The van der Waals surface area contributed by atoms with E-state index in [0.717, 1.165) is 16.6 Å². The van der Waals surface area contributed by atoms with Gasteiger partial charge in [0.2, 0.25) is 0 Å². The van der Waals surface area contributed by atoms with Gasteiger partial charge in [0.05, 0.1) is 0 Å². The third kappa shape index (κ3) is 3.15. The van der Waals surface area contributed by atoms with Crippen LogP contribution in [0.4, 0.5) is 0 Å². The maximum atomic E-state index is 12.5. The fourth-order valence-electron chi connectivity index (χ4n) is 2.92. The average molecular weight is 343 g/mol. The van der Waals surface area contributed by atoms with E-state index in [1.165, 1.54) is 0 Å². The zero-order valence-corrected chi connectivity index (χ0v) is 14.0. The van der Waals surface area contributed by atoms with E-state index in [4.69, 9.17) is 0 Å². The standard InChI is InChI=1S/C21H17N3O2/c25-20(16-7-5-8-18(13-16)24-10-3-4-11-24)22-14-17-12-15-6-1-2-9-19(15)23-21(17)26/h1-13H,14H2,(H,22,25)(H,23,26). The zero-order valence-electron chi connectivity index (χ0n) is 14.0. The Morgan fingerprint density at radius 1 is 0.962 bits per heavy atom. The smallest absolute Gasteiger partial charge is 0.253 e. The third-order valence-corrected chi connectivity index (χ3v) is 4.28. The first-order valence-electron chi connectivity index (χ1n) is 8.33. The predicted molar refractivity (Wildman–Crippen MR) is 102 cm³/mol. The molecule has 5 heteroatoms. The molecule has 2 aromatic carbocycles. The summed E-state index contributed by atoms with van der Waals surface area (Å²) < 4.78 is 1.94. The Balaban J connectivity index is 1.53. The number of nitrogens with one attached hydrogen (secondary N) is 2. The molecule has 2 N–H and O–H groups in total. The van der Waals surface area contributed by atoms with Crippen LogP contribution in [-0.2, 0) is 6.54 Å². The molecule has 128 valence electrons. The van der Waals surface area contributed by atoms with Gasteiger partial charge in [0.1, 0.15) is 0 Å². The van der Waals surface area contributed by atoms with Crippen molar-refractivity contribution < 1.29 is 4.79 Å². The molecule has 2 aromatic heterocycles. The third-order valence-electron chi connectivity index (χ3n) is 4.28. The van der Waals surface area contributed by atoms with E-state index in [0.29, 0.717) is 11.1 Å². The molecule has 5 nitrogen and oxygen atoms in total. The van der Waals surface area contributed by atoms with Crippen molar-refractivity contribution in [2.75, 3.05) is 0 Å². The lowest BCUT2D eigenvalue weighted by Gasteiger charge is -2.08. The van der Waals surface area contributed by atoms with Crippen molar-refractivity contribution >= 4 is 16.8 Å². The lowest BCUT2D eigenvalue weighted by atomic mass is 10.1. The largest absolute Gasteiger partial charge is 0.348 e. The van der Waals surface area contributed by atoms with Crippen molar-refractivity contribution in [3.05, 3.63) is 101 Å². The van der Waals surface area contributed by atoms with Gasteiger partial charge in [-0.15, -0.1) is 0 Å². The van der Waals surface area contributed by atoms with E-state index in [2.05, 4.69) is 10.3 Å². The summed E-state index contributed by atoms with van der Waals surface area (Å²) in [4.78, 5) is 27.5. The number of hydrogen-bond donors (Lipinski definition) is 2. The van der Waals surface area contributed by atoms with E-state index in [9.17, 15) is 9.59 Å². The number of carbonyl (C=O) groups is 1. The van der Waals surface area contributed by atoms with Gasteiger partial charge in [0.15, 0.2) is 0 Å². The minimum absolute atomic E-state index is 0.173. The maximum absolute atomic E-state index is 12.5. The molecular formula is C21H17N3O2. The number of benzene rings is 2. The van der Waals surface area contributed by atoms with Crippen molar-refractivity contribution in [3.8, 4) is 5.69 Å². The summed E-state index contributed by atoms with van der Waals surface area (Å²) in [6.45, 7) is 0.173. The summed E-state index contributed by atoms with van der Waals surface area (Å²) in [5.41, 5.74) is 2.58. The highest BCUT2D eigenvalue weighted by Gasteiger charge is 2.09. The Bertz CT molecular complexity index is 1130. The Morgan fingerprint density at radius 2 is 1.77 bits per heavy atom. The van der Waals surface area contributed by atoms with Crippen molar-refractivity contribution in [1.29, 1.82) is 0 Å². The van der Waals surface area contributed by atoms with Gasteiger partial charge in [-0.25, -0.2) is 0 Å². The molecule has 26 heavy (non-hydrogen) atoms. The summed E-state index contributed by atoms with van der Waals surface area (Å²) in [5.74, 6) is -0.216. The van der Waals surface area contributed by atoms with Gasteiger partial charge in [0.25, 0.3) is 11.5 Å². The Kier molecular flexibility index (Phi) is 4.11. The van der Waals surface area contributed by atoms with Gasteiger partial charge in [0, 0.05) is 41.3 Å². The van der Waals surface area contributed by atoms with E-state index < -0.39 is 0 Å². The summed E-state index contributed by atoms with van der Waals surface area (Å²) >= 11 is 0. The Labute approximate surface area is 149 Å². The van der Waals surface area contributed by atoms with Gasteiger partial charge in [-0.2, -0.15) is 0 Å². The normalized spacial score (nSPS) is 10.8. The molecular weight excluding hydrogens is 326 g/mol. The highest BCUT2D eigenvalue weighted by Crippen LogP contribution is 2.12. The summed E-state index contributed by atoms with van der Waals surface area (Å²) in [6.07, 6.45) is 3.84. The van der Waals surface area contributed by atoms with Crippen LogP contribution in [0, 0.1) is 0 Å². The van der Waals surface area contributed by atoms with Crippen LogP contribution in [0.5, 0.6) is 0 Å². The molecule has 2 heterocycles. The monoisotopic (exact) mass is 343 g/mol. The van der Waals surface area contributed by atoms with Crippen molar-refractivity contribution in [2.45, 2.75) is 6.54 Å². The number of amides is 1. The van der Waals surface area contributed by atoms with Gasteiger partial charge >= 0.3 is 0 Å². The van der Waals surface area contributed by atoms with Crippen LogP contribution in [0.3, 0.4) is 0 Å². The topological polar surface area (TPSA) is 66.9 Å². The Morgan fingerprint density at radius 3 is 2.62 bits per heavy atom. The van der Waals surface area contributed by atoms with Crippen LogP contribution in [0.25, 0.3) is 16.6 Å². The van der Waals surface area contributed by atoms with E-state index in [1.54, 1.807) is 6.07 Å². The van der Waals surface area contributed by atoms with Crippen LogP contribution in [-0.4, -0.2) is 15.5 Å². The summed E-state index contributed by atoms with van der Waals surface area (Å²) in [5, 5.41) is 3.76. The molecule has 4 rings (SSSR count). The second kappa shape index (κ2) is 6.72. The molecule has 0 bridgehead atoms. The van der Waals surface area contributed by atoms with Crippen LogP contribution in [0.1, 0.15) is 15.9 Å². The molecule has 0 saturated heterocycles. The highest BCUT2D eigenvalue weighted by molar-refractivity contribution is 5.94. The van der Waals surface area contributed by atoms with Crippen molar-refractivity contribution in [2.24, 2.45) is 0 Å². The number of aromatic nitrogens is 2. The van der Waals surface area contributed by atoms with E-state index in [1.807, 2.05) is 77.6 Å². The van der Waals surface area contributed by atoms with E-state index in [-0.39, 0.29) is 18.0 Å². The summed E-state index contributed by atoms with van der Waals surface area (Å²) in [7, 11) is 0. The van der Waals surface area contributed by atoms with Gasteiger partial charge in [-0.05, 0) is 47.9 Å². The molecule has 4 aromatic rings. The number of fused-ring (bicyclic) bond motifs is 1. The molecule has 0 radical (unpaired) electrons. The Hall–Kier alpha value is -3.60. The van der Waals surface area contributed by atoms with Crippen molar-refractivity contribution in [3.63, 3.8) is 0 Å². The number of H-pyrrole nitrogens is 1. The molecule has 0 unspecified atom stereocenters. The van der Waals surface area contributed by atoms with E-state index >= 15 is 0 Å². The lowest BCUT2D eigenvalue weighted by molar-refractivity contribution is 0.0951. The van der Waals surface area contributed by atoms with Crippen molar-refractivity contribution in [1.82, 2.24) is 14.9 Å². The minimum atomic E-state index is -0.216. The van der Waals surface area contributed by atoms with Gasteiger partial charge in [-0.3, -0.25) is 9.59 Å². The molecule has 0 fully saturated rings. The molecule has 0 aliphatic heterocycles. The fraction of sp³-hybridized carbons (Fsp3) is 0.0476. The first-order valence-corrected chi connectivity index (χ1v) is 8.33. The number of carbonyl (C=O) groups excluding carboxylic acids is 1. The second-order valence-electron chi connectivity index (χ2n) is 6.03. The number of pyridine rings is 1. The molecule has 0 aliphatic carbocycles. The second-order valence-corrected chi connectivity index (χ2v) is 6.03. The number of rotatable bonds is 4. The molecule has 0 saturated carbocycles. The minimum Gasteiger partial charge on any atom is -0.348 e. The molecule has 0 atom stereocenters. The number of nitrogens with zero attached hydrogens (tertiary/aromatic N) is 1. The fourth-order valence-corrected chi connectivity index (χ4v) is 2.92. The first kappa shape index (κ1) is 15.9. The quantitative estimate of drug-likeness (QED) is 0.597. The number of hydrogen-bond acceptors (Lipinski definition) is 2. The maximum Gasteiger partial charge on any atom is 0.253 e. The highest BCUT2D eigenvalue weighted by atomic mass is 16.1. The van der Waals surface area contributed by atoms with Crippen LogP contribution in [0.15, 0.2) is 83.9 Å².